The zero-order valence-corrected chi connectivity index (χ0v) is 9.60. The number of aromatic nitrogens is 1. The van der Waals surface area contributed by atoms with Crippen LogP contribution >= 0.6 is 11.6 Å². The topological polar surface area (TPSA) is 38.9 Å². The number of benzene rings is 1. The maximum absolute atomic E-state index is 6.09. The summed E-state index contributed by atoms with van der Waals surface area (Å²) < 4.78 is 0. The number of hydrogen-bond acceptors (Lipinski definition) is 2. The lowest BCUT2D eigenvalue weighted by molar-refractivity contribution is 1.03. The number of aryl methyl sites for hydroxylation is 1. The quantitative estimate of drug-likeness (QED) is 0.801. The molecule has 0 saturated heterocycles. The average molecular weight is 221 g/mol. The molecule has 1 heterocycles. The largest absolute Gasteiger partial charge is 0.398 e. The number of hydrogen-bond donors (Lipinski definition) is 1. The van der Waals surface area contributed by atoms with Gasteiger partial charge in [0.15, 0.2) is 0 Å². The van der Waals surface area contributed by atoms with Crippen LogP contribution in [0.5, 0.6) is 0 Å². The fraction of sp³-hybridized carbons (Fsp3) is 0.250. The first kappa shape index (κ1) is 10.2. The predicted molar refractivity (Wildman–Crippen MR) is 65.3 cm³/mol. The summed E-state index contributed by atoms with van der Waals surface area (Å²) in [5, 5.41) is 1.60. The Bertz CT molecular complexity index is 521. The molecule has 2 aromatic rings. The van der Waals surface area contributed by atoms with Gasteiger partial charge in [-0.1, -0.05) is 30.7 Å². The van der Waals surface area contributed by atoms with E-state index in [4.69, 9.17) is 17.3 Å². The summed E-state index contributed by atoms with van der Waals surface area (Å²) >= 11 is 6.09. The van der Waals surface area contributed by atoms with Crippen LogP contribution in [0.2, 0.25) is 5.02 Å². The second-order valence-corrected chi connectivity index (χ2v) is 3.99. The third kappa shape index (κ3) is 1.55. The van der Waals surface area contributed by atoms with Gasteiger partial charge in [0, 0.05) is 16.8 Å². The van der Waals surface area contributed by atoms with Gasteiger partial charge in [0.05, 0.1) is 10.5 Å². The second-order valence-electron chi connectivity index (χ2n) is 3.59. The van der Waals surface area contributed by atoms with Crippen LogP contribution in [0, 0.1) is 6.92 Å². The van der Waals surface area contributed by atoms with Gasteiger partial charge in [0.25, 0.3) is 0 Å². The highest BCUT2D eigenvalue weighted by Gasteiger charge is 2.09. The number of para-hydroxylation sites is 1. The molecule has 2 rings (SSSR count). The van der Waals surface area contributed by atoms with Crippen molar-refractivity contribution in [2.45, 2.75) is 20.3 Å². The van der Waals surface area contributed by atoms with Crippen molar-refractivity contribution < 1.29 is 0 Å². The SMILES string of the molecule is CCc1nc2c(Cl)cccc2c(N)c1C. The van der Waals surface area contributed by atoms with E-state index in [2.05, 4.69) is 11.9 Å². The molecule has 78 valence electrons. The molecule has 0 fully saturated rings. The highest BCUT2D eigenvalue weighted by atomic mass is 35.5. The number of pyridine rings is 1. The van der Waals surface area contributed by atoms with E-state index in [9.17, 15) is 0 Å². The van der Waals surface area contributed by atoms with Crippen LogP contribution in [0.4, 0.5) is 5.69 Å². The van der Waals surface area contributed by atoms with E-state index in [1.54, 1.807) is 0 Å². The molecule has 0 spiro atoms. The van der Waals surface area contributed by atoms with E-state index in [0.717, 1.165) is 34.3 Å². The van der Waals surface area contributed by atoms with E-state index >= 15 is 0 Å². The number of anilines is 1. The minimum atomic E-state index is 0.661. The molecule has 0 unspecified atom stereocenters. The van der Waals surface area contributed by atoms with Gasteiger partial charge in [-0.15, -0.1) is 0 Å². The number of nitrogens with two attached hydrogens (primary N) is 1. The zero-order valence-electron chi connectivity index (χ0n) is 8.84. The number of nitrogens with zero attached hydrogens (tertiary/aromatic N) is 1. The van der Waals surface area contributed by atoms with Crippen molar-refractivity contribution in [2.24, 2.45) is 0 Å². The summed E-state index contributed by atoms with van der Waals surface area (Å²) in [6, 6.07) is 5.69. The summed E-state index contributed by atoms with van der Waals surface area (Å²) in [7, 11) is 0. The molecule has 15 heavy (non-hydrogen) atoms. The van der Waals surface area contributed by atoms with Gasteiger partial charge in [-0.05, 0) is 25.0 Å². The summed E-state index contributed by atoms with van der Waals surface area (Å²) in [5.41, 5.74) is 9.74. The predicted octanol–water partition coefficient (Wildman–Crippen LogP) is 3.34. The van der Waals surface area contributed by atoms with E-state index in [0.29, 0.717) is 5.02 Å². The number of nitrogen functional groups attached to an aromatic ring is 1. The van der Waals surface area contributed by atoms with Gasteiger partial charge < -0.3 is 5.73 Å². The molecule has 0 aliphatic rings. The standard InChI is InChI=1S/C12H13ClN2/c1-3-10-7(2)11(14)8-5-4-6-9(13)12(8)15-10/h4-6H,3H2,1-2H3,(H2,14,15). The molecule has 1 aromatic carbocycles. The van der Waals surface area contributed by atoms with Crippen LogP contribution in [-0.4, -0.2) is 4.98 Å². The maximum atomic E-state index is 6.09. The van der Waals surface area contributed by atoms with Crippen LogP contribution < -0.4 is 5.73 Å². The Morgan fingerprint density at radius 2 is 2.13 bits per heavy atom. The second kappa shape index (κ2) is 3.70. The van der Waals surface area contributed by atoms with Crippen molar-refractivity contribution in [3.8, 4) is 0 Å². The Kier molecular flexibility index (Phi) is 2.53. The Morgan fingerprint density at radius 1 is 1.40 bits per heavy atom. The third-order valence-corrected chi connectivity index (χ3v) is 3.00. The first-order valence-electron chi connectivity index (χ1n) is 4.98. The van der Waals surface area contributed by atoms with Gasteiger partial charge in [-0.25, -0.2) is 0 Å². The molecule has 0 amide bonds. The van der Waals surface area contributed by atoms with E-state index < -0.39 is 0 Å². The molecule has 3 heteroatoms. The molecule has 0 saturated carbocycles. The first-order valence-corrected chi connectivity index (χ1v) is 5.36. The number of rotatable bonds is 1. The van der Waals surface area contributed by atoms with Crippen LogP contribution in [-0.2, 0) is 6.42 Å². The third-order valence-electron chi connectivity index (χ3n) is 2.70. The van der Waals surface area contributed by atoms with Crippen LogP contribution in [0.3, 0.4) is 0 Å². The highest BCUT2D eigenvalue weighted by Crippen LogP contribution is 2.29. The lowest BCUT2D eigenvalue weighted by atomic mass is 10.1. The molecule has 0 bridgehead atoms. The van der Waals surface area contributed by atoms with Crippen molar-refractivity contribution in [1.29, 1.82) is 0 Å². The van der Waals surface area contributed by atoms with Crippen molar-refractivity contribution in [2.75, 3.05) is 5.73 Å². The number of fused-ring (bicyclic) bond motifs is 1. The van der Waals surface area contributed by atoms with E-state index in [1.165, 1.54) is 0 Å². The van der Waals surface area contributed by atoms with Crippen LogP contribution in [0.1, 0.15) is 18.2 Å². The molecule has 0 atom stereocenters. The molecule has 1 aromatic heterocycles. The van der Waals surface area contributed by atoms with Crippen LogP contribution in [0.25, 0.3) is 10.9 Å². The minimum Gasteiger partial charge on any atom is -0.398 e. The fourth-order valence-corrected chi connectivity index (χ4v) is 1.98. The molecule has 2 nitrogen and oxygen atoms in total. The smallest absolute Gasteiger partial charge is 0.0912 e. The molecule has 0 radical (unpaired) electrons. The van der Waals surface area contributed by atoms with Gasteiger partial charge in [-0.3, -0.25) is 4.98 Å². The zero-order chi connectivity index (χ0) is 11.0. The lowest BCUT2D eigenvalue weighted by Gasteiger charge is -2.10. The Hall–Kier alpha value is -1.28. The molecule has 2 N–H and O–H groups in total. The Balaban J connectivity index is 2.91. The molecule has 0 aliphatic carbocycles. The van der Waals surface area contributed by atoms with Gasteiger partial charge in [0.2, 0.25) is 0 Å². The van der Waals surface area contributed by atoms with Gasteiger partial charge >= 0.3 is 0 Å². The summed E-state index contributed by atoms with van der Waals surface area (Å²) in [5.74, 6) is 0. The van der Waals surface area contributed by atoms with Gasteiger partial charge in [-0.2, -0.15) is 0 Å². The molecule has 0 aliphatic heterocycles. The average Bonchev–Trinajstić information content (AvgIpc) is 2.24. The number of halogens is 1. The van der Waals surface area contributed by atoms with Crippen molar-refractivity contribution in [3.05, 3.63) is 34.5 Å². The van der Waals surface area contributed by atoms with Crippen molar-refractivity contribution in [1.82, 2.24) is 4.98 Å². The van der Waals surface area contributed by atoms with Crippen molar-refractivity contribution in [3.63, 3.8) is 0 Å². The summed E-state index contributed by atoms with van der Waals surface area (Å²) in [6.45, 7) is 4.07. The lowest BCUT2D eigenvalue weighted by Crippen LogP contribution is -2.00. The van der Waals surface area contributed by atoms with Gasteiger partial charge in [0.1, 0.15) is 0 Å². The Labute approximate surface area is 94.1 Å². The fourth-order valence-electron chi connectivity index (χ4n) is 1.77. The maximum Gasteiger partial charge on any atom is 0.0912 e. The Morgan fingerprint density at radius 3 is 2.80 bits per heavy atom. The first-order chi connectivity index (χ1) is 7.15. The monoisotopic (exact) mass is 220 g/mol. The van der Waals surface area contributed by atoms with Crippen LogP contribution in [0.15, 0.2) is 18.2 Å². The minimum absolute atomic E-state index is 0.661. The van der Waals surface area contributed by atoms with Crippen molar-refractivity contribution >= 4 is 28.2 Å². The highest BCUT2D eigenvalue weighted by molar-refractivity contribution is 6.35. The molecular formula is C12H13ClN2. The molecular weight excluding hydrogens is 208 g/mol. The normalized spacial score (nSPS) is 10.9. The van der Waals surface area contributed by atoms with E-state index in [-0.39, 0.29) is 0 Å². The summed E-state index contributed by atoms with van der Waals surface area (Å²) in [6.07, 6.45) is 0.872. The van der Waals surface area contributed by atoms with E-state index in [1.807, 2.05) is 25.1 Å². The summed E-state index contributed by atoms with van der Waals surface area (Å²) in [4.78, 5) is 4.54.